The molecule has 1 aromatic rings. The third-order valence-corrected chi connectivity index (χ3v) is 3.00. The molecule has 0 unspecified atom stereocenters. The summed E-state index contributed by atoms with van der Waals surface area (Å²) in [5, 5.41) is 4.56. The Bertz CT molecular complexity index is 379. The van der Waals surface area contributed by atoms with Gasteiger partial charge in [-0.25, -0.2) is 0 Å². The number of hydrogen-bond acceptors (Lipinski definition) is 2. The highest BCUT2D eigenvalue weighted by Crippen LogP contribution is 2.22. The molecule has 1 aliphatic heterocycles. The number of aryl methyl sites for hydroxylation is 2. The first-order valence-electron chi connectivity index (χ1n) is 5.83. The zero-order valence-corrected chi connectivity index (χ0v) is 9.55. The monoisotopic (exact) mass is 206 g/mol. The van der Waals surface area contributed by atoms with E-state index in [1.165, 1.54) is 18.5 Å². The Morgan fingerprint density at radius 2 is 2.27 bits per heavy atom. The molecule has 15 heavy (non-hydrogen) atoms. The van der Waals surface area contributed by atoms with Crippen molar-refractivity contribution < 1.29 is 4.79 Å². The average molecular weight is 206 g/mol. The van der Waals surface area contributed by atoms with E-state index in [2.05, 4.69) is 12.0 Å². The smallest absolute Gasteiger partial charge is 0.163 e. The summed E-state index contributed by atoms with van der Waals surface area (Å²) in [6, 6.07) is 0. The number of hydrogen-bond donors (Lipinski definition) is 0. The molecule has 0 radical (unpaired) electrons. The molecular weight excluding hydrogens is 188 g/mol. The minimum Gasteiger partial charge on any atom is -0.294 e. The van der Waals surface area contributed by atoms with Crippen LogP contribution in [-0.2, 0) is 19.4 Å². The summed E-state index contributed by atoms with van der Waals surface area (Å²) in [5.74, 6) is 0.182. The lowest BCUT2D eigenvalue weighted by atomic mass is 10.0. The summed E-state index contributed by atoms with van der Waals surface area (Å²) >= 11 is 0. The fourth-order valence-electron chi connectivity index (χ4n) is 2.36. The first-order valence-corrected chi connectivity index (χ1v) is 5.83. The van der Waals surface area contributed by atoms with Crippen LogP contribution in [0.5, 0.6) is 0 Å². The van der Waals surface area contributed by atoms with Crippen LogP contribution in [0, 0.1) is 0 Å². The van der Waals surface area contributed by atoms with Crippen LogP contribution < -0.4 is 0 Å². The van der Waals surface area contributed by atoms with Crippen molar-refractivity contribution in [3.8, 4) is 0 Å². The standard InChI is InChI=1S/C12H18N2O/c1-3-6-10-12(9(2)15)11-7-4-5-8-14(11)13-10/h3-8H2,1-2H3. The molecule has 0 saturated heterocycles. The van der Waals surface area contributed by atoms with Crippen molar-refractivity contribution in [3.63, 3.8) is 0 Å². The van der Waals surface area contributed by atoms with Gasteiger partial charge in [-0.1, -0.05) is 13.3 Å². The molecule has 1 aromatic heterocycles. The van der Waals surface area contributed by atoms with Crippen molar-refractivity contribution in [3.05, 3.63) is 17.0 Å². The van der Waals surface area contributed by atoms with Crippen LogP contribution in [0.2, 0.25) is 0 Å². The maximum absolute atomic E-state index is 11.6. The molecule has 3 nitrogen and oxygen atoms in total. The van der Waals surface area contributed by atoms with E-state index in [0.717, 1.165) is 37.1 Å². The average Bonchev–Trinajstić information content (AvgIpc) is 2.56. The molecule has 0 amide bonds. The molecule has 0 fully saturated rings. The minimum absolute atomic E-state index is 0.182. The van der Waals surface area contributed by atoms with E-state index in [1.54, 1.807) is 6.92 Å². The van der Waals surface area contributed by atoms with Crippen molar-refractivity contribution in [2.75, 3.05) is 0 Å². The third kappa shape index (κ3) is 1.83. The highest BCUT2D eigenvalue weighted by molar-refractivity contribution is 5.96. The van der Waals surface area contributed by atoms with Gasteiger partial charge in [0.1, 0.15) is 0 Å². The van der Waals surface area contributed by atoms with Gasteiger partial charge in [0.15, 0.2) is 5.78 Å². The van der Waals surface area contributed by atoms with E-state index in [4.69, 9.17) is 0 Å². The Hall–Kier alpha value is -1.12. The van der Waals surface area contributed by atoms with Crippen molar-refractivity contribution in [2.24, 2.45) is 0 Å². The number of aromatic nitrogens is 2. The number of fused-ring (bicyclic) bond motifs is 1. The number of carbonyl (C=O) groups is 1. The highest BCUT2D eigenvalue weighted by atomic mass is 16.1. The van der Waals surface area contributed by atoms with Gasteiger partial charge in [0.2, 0.25) is 0 Å². The maximum Gasteiger partial charge on any atom is 0.163 e. The number of ketones is 1. The molecule has 2 rings (SSSR count). The summed E-state index contributed by atoms with van der Waals surface area (Å²) in [6.07, 6.45) is 5.38. The molecule has 3 heteroatoms. The normalized spacial score (nSPS) is 15.1. The van der Waals surface area contributed by atoms with Crippen LogP contribution in [0.3, 0.4) is 0 Å². The van der Waals surface area contributed by atoms with Crippen LogP contribution in [0.1, 0.15) is 54.9 Å². The quantitative estimate of drug-likeness (QED) is 0.712. The summed E-state index contributed by atoms with van der Waals surface area (Å²) in [6.45, 7) is 4.77. The molecule has 0 bridgehead atoms. The highest BCUT2D eigenvalue weighted by Gasteiger charge is 2.22. The summed E-state index contributed by atoms with van der Waals surface area (Å²) in [7, 11) is 0. The third-order valence-electron chi connectivity index (χ3n) is 3.00. The molecule has 0 N–H and O–H groups in total. The SMILES string of the molecule is CCCc1nn2c(c1C(C)=O)CCCC2. The van der Waals surface area contributed by atoms with Crippen LogP contribution in [0.15, 0.2) is 0 Å². The number of nitrogens with zero attached hydrogens (tertiary/aromatic N) is 2. The van der Waals surface area contributed by atoms with E-state index < -0.39 is 0 Å². The number of Topliss-reactive ketones (excluding diaryl/α,β-unsaturated/α-hetero) is 1. The first kappa shape index (κ1) is 10.4. The van der Waals surface area contributed by atoms with Gasteiger partial charge in [-0.15, -0.1) is 0 Å². The zero-order chi connectivity index (χ0) is 10.8. The van der Waals surface area contributed by atoms with Crippen LogP contribution in [0.25, 0.3) is 0 Å². The topological polar surface area (TPSA) is 34.9 Å². The number of carbonyl (C=O) groups excluding carboxylic acids is 1. The summed E-state index contributed by atoms with van der Waals surface area (Å²) in [4.78, 5) is 11.6. The lowest BCUT2D eigenvalue weighted by molar-refractivity contribution is 0.101. The Kier molecular flexibility index (Phi) is 2.89. The van der Waals surface area contributed by atoms with E-state index >= 15 is 0 Å². The lowest BCUT2D eigenvalue weighted by Crippen LogP contribution is -2.12. The van der Waals surface area contributed by atoms with Crippen LogP contribution in [-0.4, -0.2) is 15.6 Å². The van der Waals surface area contributed by atoms with Crippen molar-refractivity contribution in [1.29, 1.82) is 0 Å². The second-order valence-corrected chi connectivity index (χ2v) is 4.25. The molecule has 0 atom stereocenters. The van der Waals surface area contributed by atoms with Gasteiger partial charge in [0.05, 0.1) is 11.3 Å². The Morgan fingerprint density at radius 1 is 1.47 bits per heavy atom. The minimum atomic E-state index is 0.182. The first-order chi connectivity index (χ1) is 7.24. The van der Waals surface area contributed by atoms with Gasteiger partial charge in [0, 0.05) is 12.2 Å². The predicted molar refractivity (Wildman–Crippen MR) is 59.2 cm³/mol. The molecule has 82 valence electrons. The van der Waals surface area contributed by atoms with E-state index in [1.807, 2.05) is 4.68 Å². The van der Waals surface area contributed by atoms with Crippen molar-refractivity contribution in [1.82, 2.24) is 9.78 Å². The van der Waals surface area contributed by atoms with Crippen LogP contribution in [0.4, 0.5) is 0 Å². The van der Waals surface area contributed by atoms with Gasteiger partial charge < -0.3 is 0 Å². The fourth-order valence-corrected chi connectivity index (χ4v) is 2.36. The summed E-state index contributed by atoms with van der Waals surface area (Å²) in [5.41, 5.74) is 3.11. The second kappa shape index (κ2) is 4.17. The van der Waals surface area contributed by atoms with Crippen LogP contribution >= 0.6 is 0 Å². The Morgan fingerprint density at radius 3 is 2.93 bits per heavy atom. The van der Waals surface area contributed by atoms with Crippen molar-refractivity contribution >= 4 is 5.78 Å². The molecule has 1 aliphatic rings. The van der Waals surface area contributed by atoms with E-state index in [-0.39, 0.29) is 5.78 Å². The molecule has 0 aliphatic carbocycles. The largest absolute Gasteiger partial charge is 0.294 e. The maximum atomic E-state index is 11.6. The Labute approximate surface area is 90.5 Å². The molecule has 0 saturated carbocycles. The van der Waals surface area contributed by atoms with Gasteiger partial charge in [-0.05, 0) is 32.6 Å². The zero-order valence-electron chi connectivity index (χ0n) is 9.55. The summed E-state index contributed by atoms with van der Waals surface area (Å²) < 4.78 is 2.05. The van der Waals surface area contributed by atoms with E-state index in [0.29, 0.717) is 0 Å². The van der Waals surface area contributed by atoms with Gasteiger partial charge in [0.25, 0.3) is 0 Å². The van der Waals surface area contributed by atoms with Gasteiger partial charge >= 0.3 is 0 Å². The fraction of sp³-hybridized carbons (Fsp3) is 0.667. The van der Waals surface area contributed by atoms with E-state index in [9.17, 15) is 4.79 Å². The Balaban J connectivity index is 2.46. The van der Waals surface area contributed by atoms with Gasteiger partial charge in [-0.3, -0.25) is 9.48 Å². The lowest BCUT2D eigenvalue weighted by Gasteiger charge is -2.13. The second-order valence-electron chi connectivity index (χ2n) is 4.25. The molecule has 0 aromatic carbocycles. The van der Waals surface area contributed by atoms with Gasteiger partial charge in [-0.2, -0.15) is 5.10 Å². The number of rotatable bonds is 3. The molecular formula is C12H18N2O. The van der Waals surface area contributed by atoms with Crippen molar-refractivity contribution in [2.45, 2.75) is 52.5 Å². The molecule has 0 spiro atoms. The molecule has 2 heterocycles. The predicted octanol–water partition coefficient (Wildman–Crippen LogP) is 2.37.